The van der Waals surface area contributed by atoms with E-state index in [9.17, 15) is 9.90 Å². The molecule has 0 radical (unpaired) electrons. The molecule has 1 unspecified atom stereocenters. The minimum absolute atomic E-state index is 0.176. The van der Waals surface area contributed by atoms with Crippen molar-refractivity contribution in [1.82, 2.24) is 0 Å². The molecule has 0 aromatic rings. The van der Waals surface area contributed by atoms with Gasteiger partial charge in [-0.1, -0.05) is 102 Å². The van der Waals surface area contributed by atoms with Gasteiger partial charge in [0.05, 0.1) is 13.2 Å². The largest absolute Gasteiger partial charge is 0.457 e. The van der Waals surface area contributed by atoms with Crippen molar-refractivity contribution in [3.63, 3.8) is 0 Å². The summed E-state index contributed by atoms with van der Waals surface area (Å²) >= 11 is 0. The Morgan fingerprint density at radius 2 is 1.27 bits per heavy atom. The number of hydrogen-bond acceptors (Lipinski definition) is 4. The SMILES string of the molecule is CCCCCC/C=C\C/C=C\CCCCCCCCOCC(CO)OC(=O)CCCCCC. The number of unbranched alkanes of at least 4 members (excludes halogenated alkanes) is 13. The van der Waals surface area contributed by atoms with E-state index >= 15 is 0 Å². The van der Waals surface area contributed by atoms with Gasteiger partial charge in [0, 0.05) is 13.0 Å². The zero-order valence-electron chi connectivity index (χ0n) is 21.9. The Labute approximate surface area is 205 Å². The molecule has 194 valence electrons. The summed E-state index contributed by atoms with van der Waals surface area (Å²) < 4.78 is 10.9. The number of carbonyl (C=O) groups is 1. The molecule has 0 aliphatic rings. The fourth-order valence-corrected chi connectivity index (χ4v) is 3.65. The summed E-state index contributed by atoms with van der Waals surface area (Å²) in [6, 6.07) is 0. The average molecular weight is 467 g/mol. The molecule has 0 fully saturated rings. The number of aliphatic hydroxyl groups excluding tert-OH is 1. The van der Waals surface area contributed by atoms with Crippen LogP contribution in [0.4, 0.5) is 0 Å². The number of ether oxygens (including phenoxy) is 2. The van der Waals surface area contributed by atoms with Crippen LogP contribution in [-0.4, -0.2) is 37.0 Å². The molecule has 0 aromatic carbocycles. The second-order valence-electron chi connectivity index (χ2n) is 9.12. The molecule has 4 nitrogen and oxygen atoms in total. The minimum atomic E-state index is -0.530. The van der Waals surface area contributed by atoms with Crippen LogP contribution in [-0.2, 0) is 14.3 Å². The summed E-state index contributed by atoms with van der Waals surface area (Å²) in [7, 11) is 0. The Kier molecular flexibility index (Phi) is 26.2. The van der Waals surface area contributed by atoms with Crippen LogP contribution >= 0.6 is 0 Å². The lowest BCUT2D eigenvalue weighted by atomic mass is 10.1. The van der Waals surface area contributed by atoms with Crippen LogP contribution in [0.25, 0.3) is 0 Å². The average Bonchev–Trinajstić information content (AvgIpc) is 2.82. The molecule has 1 N–H and O–H groups in total. The maximum absolute atomic E-state index is 11.8. The fourth-order valence-electron chi connectivity index (χ4n) is 3.65. The highest BCUT2D eigenvalue weighted by Crippen LogP contribution is 2.09. The molecule has 4 heteroatoms. The van der Waals surface area contributed by atoms with Gasteiger partial charge in [0.25, 0.3) is 0 Å². The highest BCUT2D eigenvalue weighted by atomic mass is 16.6. The molecule has 0 amide bonds. The van der Waals surface area contributed by atoms with Gasteiger partial charge in [0.2, 0.25) is 0 Å². The summed E-state index contributed by atoms with van der Waals surface area (Å²) in [6.45, 7) is 5.18. The first kappa shape index (κ1) is 31.9. The van der Waals surface area contributed by atoms with E-state index in [0.29, 0.717) is 13.0 Å². The van der Waals surface area contributed by atoms with Gasteiger partial charge in [0.15, 0.2) is 0 Å². The highest BCUT2D eigenvalue weighted by Gasteiger charge is 2.13. The van der Waals surface area contributed by atoms with Gasteiger partial charge >= 0.3 is 5.97 Å². The first-order valence-corrected chi connectivity index (χ1v) is 13.9. The Hall–Kier alpha value is -1.13. The van der Waals surface area contributed by atoms with Crippen molar-refractivity contribution in [2.75, 3.05) is 19.8 Å². The summed E-state index contributed by atoms with van der Waals surface area (Å²) in [5.74, 6) is -0.224. The monoisotopic (exact) mass is 466 g/mol. The molecule has 0 aliphatic heterocycles. The second-order valence-corrected chi connectivity index (χ2v) is 9.12. The van der Waals surface area contributed by atoms with Crippen molar-refractivity contribution in [1.29, 1.82) is 0 Å². The Bertz CT molecular complexity index is 459. The zero-order chi connectivity index (χ0) is 24.2. The van der Waals surface area contributed by atoms with Crippen molar-refractivity contribution in [2.24, 2.45) is 0 Å². The van der Waals surface area contributed by atoms with Crippen LogP contribution in [0, 0.1) is 0 Å². The standard InChI is InChI=1S/C29H54O4/c1-3-5-7-9-10-11-12-13-14-15-16-17-18-19-20-21-23-25-32-27-28(26-30)33-29(31)24-22-8-6-4-2/h11-12,14-15,28,30H,3-10,13,16-27H2,1-2H3/b12-11-,15-14-. The van der Waals surface area contributed by atoms with Gasteiger partial charge in [0.1, 0.15) is 6.10 Å². The molecular weight excluding hydrogens is 412 g/mol. The van der Waals surface area contributed by atoms with Gasteiger partial charge in [-0.05, 0) is 44.9 Å². The first-order chi connectivity index (χ1) is 16.2. The smallest absolute Gasteiger partial charge is 0.306 e. The van der Waals surface area contributed by atoms with E-state index in [4.69, 9.17) is 9.47 Å². The number of allylic oxidation sites excluding steroid dienone is 4. The van der Waals surface area contributed by atoms with Crippen molar-refractivity contribution in [3.05, 3.63) is 24.3 Å². The van der Waals surface area contributed by atoms with Crippen molar-refractivity contribution in [2.45, 2.75) is 136 Å². The lowest BCUT2D eigenvalue weighted by Gasteiger charge is -2.15. The third kappa shape index (κ3) is 25.3. The predicted octanol–water partition coefficient (Wildman–Crippen LogP) is 8.08. The number of aliphatic hydroxyl groups is 1. The van der Waals surface area contributed by atoms with Gasteiger partial charge in [-0.3, -0.25) is 4.79 Å². The van der Waals surface area contributed by atoms with E-state index < -0.39 is 6.10 Å². The molecule has 0 aliphatic carbocycles. The Morgan fingerprint density at radius 3 is 1.88 bits per heavy atom. The van der Waals surface area contributed by atoms with E-state index in [2.05, 4.69) is 38.2 Å². The Morgan fingerprint density at radius 1 is 0.727 bits per heavy atom. The second kappa shape index (κ2) is 27.1. The fraction of sp³-hybridized carbons (Fsp3) is 0.828. The van der Waals surface area contributed by atoms with Crippen LogP contribution in [0.15, 0.2) is 24.3 Å². The molecular formula is C29H54O4. The quantitative estimate of drug-likeness (QED) is 0.0839. The molecule has 0 saturated heterocycles. The molecule has 0 rings (SSSR count). The van der Waals surface area contributed by atoms with E-state index in [-0.39, 0.29) is 19.2 Å². The number of hydrogen-bond donors (Lipinski definition) is 1. The molecule has 0 saturated carbocycles. The maximum Gasteiger partial charge on any atom is 0.306 e. The van der Waals surface area contributed by atoms with Crippen LogP contribution in [0.5, 0.6) is 0 Å². The van der Waals surface area contributed by atoms with Crippen molar-refractivity contribution < 1.29 is 19.4 Å². The normalized spacial score (nSPS) is 12.7. The minimum Gasteiger partial charge on any atom is -0.457 e. The first-order valence-electron chi connectivity index (χ1n) is 13.9. The third-order valence-corrected chi connectivity index (χ3v) is 5.78. The number of rotatable bonds is 25. The van der Waals surface area contributed by atoms with Gasteiger partial charge < -0.3 is 14.6 Å². The van der Waals surface area contributed by atoms with Crippen molar-refractivity contribution in [3.8, 4) is 0 Å². The van der Waals surface area contributed by atoms with Crippen LogP contribution in [0.3, 0.4) is 0 Å². The van der Waals surface area contributed by atoms with Gasteiger partial charge in [-0.2, -0.15) is 0 Å². The topological polar surface area (TPSA) is 55.8 Å². The summed E-state index contributed by atoms with van der Waals surface area (Å²) in [5.41, 5.74) is 0. The highest BCUT2D eigenvalue weighted by molar-refractivity contribution is 5.69. The summed E-state index contributed by atoms with van der Waals surface area (Å²) in [4.78, 5) is 11.8. The number of carbonyl (C=O) groups excluding carboxylic acids is 1. The van der Waals surface area contributed by atoms with Crippen LogP contribution in [0.2, 0.25) is 0 Å². The van der Waals surface area contributed by atoms with Crippen LogP contribution in [0.1, 0.15) is 129 Å². The lowest BCUT2D eigenvalue weighted by Crippen LogP contribution is -2.27. The van der Waals surface area contributed by atoms with Gasteiger partial charge in [-0.15, -0.1) is 0 Å². The third-order valence-electron chi connectivity index (χ3n) is 5.78. The molecule has 1 atom stereocenters. The summed E-state index contributed by atoms with van der Waals surface area (Å²) in [6.07, 6.45) is 29.5. The lowest BCUT2D eigenvalue weighted by molar-refractivity contribution is -0.154. The molecule has 0 spiro atoms. The van der Waals surface area contributed by atoms with E-state index in [0.717, 1.165) is 38.5 Å². The molecule has 33 heavy (non-hydrogen) atoms. The van der Waals surface area contributed by atoms with E-state index in [1.807, 2.05) is 0 Å². The predicted molar refractivity (Wildman–Crippen MR) is 141 cm³/mol. The van der Waals surface area contributed by atoms with E-state index in [1.165, 1.54) is 70.6 Å². The molecule has 0 bridgehead atoms. The van der Waals surface area contributed by atoms with Gasteiger partial charge in [-0.25, -0.2) is 0 Å². The maximum atomic E-state index is 11.8. The molecule has 0 aromatic heterocycles. The molecule has 0 heterocycles. The van der Waals surface area contributed by atoms with Crippen LogP contribution < -0.4 is 0 Å². The Balaban J connectivity index is 3.42. The zero-order valence-corrected chi connectivity index (χ0v) is 21.9. The van der Waals surface area contributed by atoms with E-state index in [1.54, 1.807) is 0 Å². The summed E-state index contributed by atoms with van der Waals surface area (Å²) in [5, 5.41) is 9.37. The number of esters is 1. The van der Waals surface area contributed by atoms with Crippen molar-refractivity contribution >= 4 is 5.97 Å².